The smallest absolute Gasteiger partial charge is 0.178 e. The summed E-state index contributed by atoms with van der Waals surface area (Å²) in [5.41, 5.74) is 0. The van der Waals surface area contributed by atoms with Gasteiger partial charge in [-0.2, -0.15) is 0 Å². The lowest BCUT2D eigenvalue weighted by Crippen LogP contribution is -1.98. The van der Waals surface area contributed by atoms with Crippen molar-refractivity contribution in [2.24, 2.45) is 0 Å². The van der Waals surface area contributed by atoms with Crippen LogP contribution in [0.5, 0.6) is 0 Å². The van der Waals surface area contributed by atoms with Gasteiger partial charge in [0.05, 0.1) is 8.66 Å². The molecular formula is C10H6Br2OS2. The molecule has 2 rings (SSSR count). The summed E-state index contributed by atoms with van der Waals surface area (Å²) >= 11 is 9.81. The Morgan fingerprint density at radius 1 is 1.33 bits per heavy atom. The van der Waals surface area contributed by atoms with E-state index < -0.39 is 0 Å². The Morgan fingerprint density at radius 2 is 2.13 bits per heavy atom. The molecule has 0 saturated carbocycles. The van der Waals surface area contributed by atoms with Crippen molar-refractivity contribution < 1.29 is 4.79 Å². The number of carbonyl (C=O) groups excluding carboxylic acids is 1. The van der Waals surface area contributed by atoms with Gasteiger partial charge in [0.15, 0.2) is 5.78 Å². The summed E-state index contributed by atoms with van der Waals surface area (Å²) in [4.78, 5) is 13.7. The van der Waals surface area contributed by atoms with Gasteiger partial charge in [-0.15, -0.1) is 22.7 Å². The molecular weight excluding hydrogens is 360 g/mol. The second-order valence-electron chi connectivity index (χ2n) is 2.93. The molecule has 2 aromatic rings. The molecule has 0 unspecified atom stereocenters. The third-order valence-electron chi connectivity index (χ3n) is 1.81. The number of Topliss-reactive ketones (excluding diaryl/α,β-unsaturated/α-hetero) is 1. The average Bonchev–Trinajstić information content (AvgIpc) is 2.75. The number of ketones is 1. The van der Waals surface area contributed by atoms with E-state index in [-0.39, 0.29) is 5.78 Å². The first kappa shape index (κ1) is 11.5. The fourth-order valence-corrected chi connectivity index (χ4v) is 4.00. The van der Waals surface area contributed by atoms with Crippen LogP contribution in [0.2, 0.25) is 0 Å². The average molecular weight is 366 g/mol. The first-order chi connectivity index (χ1) is 7.15. The molecule has 0 saturated heterocycles. The van der Waals surface area contributed by atoms with Gasteiger partial charge in [0.25, 0.3) is 0 Å². The van der Waals surface area contributed by atoms with Crippen LogP contribution in [0.4, 0.5) is 0 Å². The molecule has 0 aliphatic heterocycles. The molecule has 78 valence electrons. The minimum Gasteiger partial charge on any atom is -0.293 e. The van der Waals surface area contributed by atoms with Crippen molar-refractivity contribution in [3.8, 4) is 0 Å². The topological polar surface area (TPSA) is 17.1 Å². The third kappa shape index (κ3) is 3.00. The zero-order valence-corrected chi connectivity index (χ0v) is 12.3. The van der Waals surface area contributed by atoms with Crippen molar-refractivity contribution in [3.05, 3.63) is 41.6 Å². The van der Waals surface area contributed by atoms with Crippen molar-refractivity contribution in [2.45, 2.75) is 6.42 Å². The Morgan fingerprint density at radius 3 is 2.67 bits per heavy atom. The van der Waals surface area contributed by atoms with Crippen LogP contribution in [-0.4, -0.2) is 5.78 Å². The molecule has 0 N–H and O–H groups in total. The maximum absolute atomic E-state index is 11.8. The van der Waals surface area contributed by atoms with Crippen molar-refractivity contribution in [1.82, 2.24) is 0 Å². The molecule has 0 radical (unpaired) electrons. The molecule has 2 heterocycles. The van der Waals surface area contributed by atoms with Gasteiger partial charge in [0.2, 0.25) is 0 Å². The lowest BCUT2D eigenvalue weighted by molar-refractivity contribution is 0.0997. The fourth-order valence-electron chi connectivity index (χ4n) is 1.15. The van der Waals surface area contributed by atoms with Crippen LogP contribution in [-0.2, 0) is 6.42 Å². The quantitative estimate of drug-likeness (QED) is 0.716. The van der Waals surface area contributed by atoms with Gasteiger partial charge in [-0.1, -0.05) is 0 Å². The van der Waals surface area contributed by atoms with Crippen molar-refractivity contribution in [2.75, 3.05) is 0 Å². The van der Waals surface area contributed by atoms with Crippen molar-refractivity contribution >= 4 is 60.3 Å². The van der Waals surface area contributed by atoms with Gasteiger partial charge < -0.3 is 0 Å². The molecule has 0 spiro atoms. The van der Waals surface area contributed by atoms with Gasteiger partial charge >= 0.3 is 0 Å². The first-order valence-corrected chi connectivity index (χ1v) is 7.45. The van der Waals surface area contributed by atoms with Gasteiger partial charge in [-0.3, -0.25) is 4.79 Å². The number of rotatable bonds is 3. The fraction of sp³-hybridized carbons (Fsp3) is 0.100. The summed E-state index contributed by atoms with van der Waals surface area (Å²) in [7, 11) is 0. The van der Waals surface area contributed by atoms with E-state index in [2.05, 4.69) is 31.9 Å². The lowest BCUT2D eigenvalue weighted by atomic mass is 10.2. The second kappa shape index (κ2) is 4.91. The summed E-state index contributed by atoms with van der Waals surface area (Å²) in [5.74, 6) is 0.181. The molecule has 1 nitrogen and oxygen atoms in total. The van der Waals surface area contributed by atoms with Crippen LogP contribution in [0.1, 0.15) is 14.5 Å². The highest BCUT2D eigenvalue weighted by atomic mass is 79.9. The highest BCUT2D eigenvalue weighted by Gasteiger charge is 2.10. The highest BCUT2D eigenvalue weighted by molar-refractivity contribution is 9.11. The predicted octanol–water partition coefficient (Wildman–Crippen LogP) is 4.76. The van der Waals surface area contributed by atoms with Crippen LogP contribution >= 0.6 is 54.5 Å². The molecule has 15 heavy (non-hydrogen) atoms. The van der Waals surface area contributed by atoms with E-state index >= 15 is 0 Å². The zero-order chi connectivity index (χ0) is 10.8. The van der Waals surface area contributed by atoms with E-state index in [1.807, 2.05) is 23.6 Å². The number of hydrogen-bond acceptors (Lipinski definition) is 3. The molecule has 0 bridgehead atoms. The van der Waals surface area contributed by atoms with E-state index in [9.17, 15) is 4.79 Å². The minimum atomic E-state index is 0.181. The van der Waals surface area contributed by atoms with E-state index in [1.54, 1.807) is 11.3 Å². The third-order valence-corrected chi connectivity index (χ3v) is 5.16. The number of thiophene rings is 2. The largest absolute Gasteiger partial charge is 0.293 e. The summed E-state index contributed by atoms with van der Waals surface area (Å²) < 4.78 is 2.04. The standard InChI is InChI=1S/C10H6Br2OS2/c11-6-3-9(14-5-6)8(13)4-7-1-2-10(12)15-7/h1-3,5H,4H2. The Balaban J connectivity index is 2.10. The maximum Gasteiger partial charge on any atom is 0.178 e. The van der Waals surface area contributed by atoms with E-state index in [4.69, 9.17) is 0 Å². The predicted molar refractivity (Wildman–Crippen MR) is 72.1 cm³/mol. The molecule has 0 aliphatic carbocycles. The van der Waals surface area contributed by atoms with Crippen molar-refractivity contribution in [3.63, 3.8) is 0 Å². The lowest BCUT2D eigenvalue weighted by Gasteiger charge is -1.93. The van der Waals surface area contributed by atoms with Crippen molar-refractivity contribution in [1.29, 1.82) is 0 Å². The van der Waals surface area contributed by atoms with Gasteiger partial charge in [0.1, 0.15) is 0 Å². The van der Waals surface area contributed by atoms with Gasteiger partial charge in [-0.25, -0.2) is 0 Å². The molecule has 0 atom stereocenters. The Kier molecular flexibility index (Phi) is 3.77. The SMILES string of the molecule is O=C(Cc1ccc(Br)s1)c1cc(Br)cs1. The Labute approximate surface area is 112 Å². The molecule has 2 aromatic heterocycles. The summed E-state index contributed by atoms with van der Waals surface area (Å²) in [6.45, 7) is 0. The van der Waals surface area contributed by atoms with E-state index in [1.165, 1.54) is 11.3 Å². The van der Waals surface area contributed by atoms with E-state index in [0.717, 1.165) is 18.0 Å². The molecule has 0 aliphatic rings. The zero-order valence-electron chi connectivity index (χ0n) is 7.50. The number of carbonyl (C=O) groups is 1. The van der Waals surface area contributed by atoms with Gasteiger partial charge in [-0.05, 0) is 50.1 Å². The maximum atomic E-state index is 11.8. The van der Waals surface area contributed by atoms with Crippen LogP contribution < -0.4 is 0 Å². The molecule has 0 aromatic carbocycles. The van der Waals surface area contributed by atoms with Crippen LogP contribution in [0.3, 0.4) is 0 Å². The monoisotopic (exact) mass is 364 g/mol. The number of hydrogen-bond donors (Lipinski definition) is 0. The summed E-state index contributed by atoms with van der Waals surface area (Å²) in [6.07, 6.45) is 0.489. The minimum absolute atomic E-state index is 0.181. The molecule has 5 heteroatoms. The first-order valence-electron chi connectivity index (χ1n) is 4.16. The molecule has 0 amide bonds. The summed E-state index contributed by atoms with van der Waals surface area (Å²) in [5, 5.41) is 1.93. The second-order valence-corrected chi connectivity index (χ2v) is 7.31. The number of halogens is 2. The Hall–Kier alpha value is 0.0300. The van der Waals surface area contributed by atoms with Crippen LogP contribution in [0, 0.1) is 0 Å². The van der Waals surface area contributed by atoms with Crippen LogP contribution in [0.25, 0.3) is 0 Å². The summed E-state index contributed by atoms with van der Waals surface area (Å²) in [6, 6.07) is 5.82. The van der Waals surface area contributed by atoms with E-state index in [0.29, 0.717) is 6.42 Å². The Bertz CT molecular complexity index is 487. The highest BCUT2D eigenvalue weighted by Crippen LogP contribution is 2.25. The van der Waals surface area contributed by atoms with Gasteiger partial charge in [0, 0.05) is 21.2 Å². The normalized spacial score (nSPS) is 10.5. The van der Waals surface area contributed by atoms with Crippen LogP contribution in [0.15, 0.2) is 31.8 Å². The molecule has 0 fully saturated rings.